The van der Waals surface area contributed by atoms with E-state index in [0.29, 0.717) is 29.1 Å². The molecule has 0 saturated heterocycles. The molecule has 0 aliphatic rings. The zero-order valence-electron chi connectivity index (χ0n) is 18.1. The molecule has 3 rings (SSSR count). The van der Waals surface area contributed by atoms with Crippen molar-refractivity contribution in [3.8, 4) is 0 Å². The Kier molecular flexibility index (Phi) is 6.45. The highest BCUT2D eigenvalue weighted by atomic mass is 35.5. The Balaban J connectivity index is 1.73. The van der Waals surface area contributed by atoms with E-state index in [0.717, 1.165) is 11.1 Å². The topological polar surface area (TPSA) is 94.0 Å². The van der Waals surface area contributed by atoms with Gasteiger partial charge in [-0.15, -0.1) is 0 Å². The lowest BCUT2D eigenvalue weighted by Gasteiger charge is -2.06. The number of esters is 1. The molecular weight excluding hydrogens is 418 g/mol. The SMILES string of the molecule is CC(=O)c1c(C)[nH]c(C(=O)COC(=O)c2c(C)nn(Cc3ccc(C)cc3)c2Cl)c1C. The summed E-state index contributed by atoms with van der Waals surface area (Å²) >= 11 is 6.39. The van der Waals surface area contributed by atoms with E-state index < -0.39 is 18.4 Å². The fourth-order valence-electron chi connectivity index (χ4n) is 3.59. The monoisotopic (exact) mass is 441 g/mol. The van der Waals surface area contributed by atoms with Gasteiger partial charge in [-0.2, -0.15) is 5.10 Å². The number of halogens is 1. The molecule has 0 unspecified atom stereocenters. The van der Waals surface area contributed by atoms with E-state index in [1.54, 1.807) is 20.8 Å². The van der Waals surface area contributed by atoms with Gasteiger partial charge in [0.2, 0.25) is 5.78 Å². The van der Waals surface area contributed by atoms with Gasteiger partial charge in [0.15, 0.2) is 12.4 Å². The molecule has 0 spiro atoms. The first-order valence-corrected chi connectivity index (χ1v) is 10.2. The Bertz CT molecular complexity index is 1170. The summed E-state index contributed by atoms with van der Waals surface area (Å²) in [4.78, 5) is 39.9. The summed E-state index contributed by atoms with van der Waals surface area (Å²) in [5.74, 6) is -1.29. The molecule has 0 saturated carbocycles. The van der Waals surface area contributed by atoms with E-state index in [1.165, 1.54) is 11.6 Å². The van der Waals surface area contributed by atoms with E-state index in [4.69, 9.17) is 16.3 Å². The van der Waals surface area contributed by atoms with Crippen LogP contribution in [-0.2, 0) is 11.3 Å². The van der Waals surface area contributed by atoms with Crippen LogP contribution in [0.3, 0.4) is 0 Å². The van der Waals surface area contributed by atoms with Crippen LogP contribution in [0.1, 0.15) is 66.2 Å². The fourth-order valence-corrected chi connectivity index (χ4v) is 3.90. The highest BCUT2D eigenvalue weighted by molar-refractivity contribution is 6.32. The quantitative estimate of drug-likeness (QED) is 0.433. The third kappa shape index (κ3) is 4.61. The second kappa shape index (κ2) is 8.89. The molecular formula is C23H24ClN3O4. The van der Waals surface area contributed by atoms with Crippen LogP contribution in [0.5, 0.6) is 0 Å². The average molecular weight is 442 g/mol. The van der Waals surface area contributed by atoms with Crippen molar-refractivity contribution in [3.63, 3.8) is 0 Å². The highest BCUT2D eigenvalue weighted by Gasteiger charge is 2.25. The van der Waals surface area contributed by atoms with Gasteiger partial charge >= 0.3 is 5.97 Å². The summed E-state index contributed by atoms with van der Waals surface area (Å²) in [5.41, 5.74) is 4.57. The summed E-state index contributed by atoms with van der Waals surface area (Å²) < 4.78 is 6.74. The number of benzene rings is 1. The maximum absolute atomic E-state index is 12.6. The fraction of sp³-hybridized carbons (Fsp3) is 0.304. The number of hydrogen-bond donors (Lipinski definition) is 1. The predicted molar refractivity (Wildman–Crippen MR) is 117 cm³/mol. The van der Waals surface area contributed by atoms with Crippen LogP contribution in [0.25, 0.3) is 0 Å². The van der Waals surface area contributed by atoms with Crippen LogP contribution in [-0.4, -0.2) is 38.9 Å². The smallest absolute Gasteiger partial charge is 0.343 e. The van der Waals surface area contributed by atoms with Crippen molar-refractivity contribution >= 4 is 29.1 Å². The molecule has 2 heterocycles. The number of hydrogen-bond acceptors (Lipinski definition) is 5. The maximum Gasteiger partial charge on any atom is 0.343 e. The van der Waals surface area contributed by atoms with Crippen molar-refractivity contribution in [3.05, 3.63) is 74.3 Å². The van der Waals surface area contributed by atoms with Gasteiger partial charge in [-0.1, -0.05) is 41.4 Å². The van der Waals surface area contributed by atoms with E-state index in [2.05, 4.69) is 10.1 Å². The molecule has 3 aromatic rings. The Hall–Kier alpha value is -3.19. The number of Topliss-reactive ketones (excluding diaryl/α,β-unsaturated/α-hetero) is 2. The summed E-state index contributed by atoms with van der Waals surface area (Å²) in [7, 11) is 0. The van der Waals surface area contributed by atoms with Crippen LogP contribution in [0.4, 0.5) is 0 Å². The highest BCUT2D eigenvalue weighted by Crippen LogP contribution is 2.23. The third-order valence-corrected chi connectivity index (χ3v) is 5.51. The predicted octanol–water partition coefficient (Wildman–Crippen LogP) is 4.39. The molecule has 0 aliphatic heterocycles. The molecule has 2 aromatic heterocycles. The van der Waals surface area contributed by atoms with Crippen molar-refractivity contribution in [2.45, 2.75) is 41.2 Å². The van der Waals surface area contributed by atoms with Gasteiger partial charge in [-0.3, -0.25) is 9.59 Å². The number of carbonyl (C=O) groups is 3. The lowest BCUT2D eigenvalue weighted by molar-refractivity contribution is 0.0472. The second-order valence-corrected chi connectivity index (χ2v) is 7.93. The van der Waals surface area contributed by atoms with E-state index in [1.807, 2.05) is 31.2 Å². The van der Waals surface area contributed by atoms with Crippen molar-refractivity contribution in [1.82, 2.24) is 14.8 Å². The molecule has 1 aromatic carbocycles. The van der Waals surface area contributed by atoms with Gasteiger partial charge < -0.3 is 9.72 Å². The molecule has 8 heteroatoms. The number of nitrogens with zero attached hydrogens (tertiary/aromatic N) is 2. The van der Waals surface area contributed by atoms with Crippen molar-refractivity contribution in [2.75, 3.05) is 6.61 Å². The van der Waals surface area contributed by atoms with E-state index in [9.17, 15) is 14.4 Å². The van der Waals surface area contributed by atoms with Gasteiger partial charge in [-0.25, -0.2) is 9.48 Å². The molecule has 0 radical (unpaired) electrons. The molecule has 0 atom stereocenters. The van der Waals surface area contributed by atoms with Crippen molar-refractivity contribution < 1.29 is 19.1 Å². The molecule has 0 aliphatic carbocycles. The number of nitrogens with one attached hydrogen (secondary N) is 1. The zero-order chi connectivity index (χ0) is 22.9. The summed E-state index contributed by atoms with van der Waals surface area (Å²) in [6.45, 7) is 8.44. The van der Waals surface area contributed by atoms with Crippen molar-refractivity contribution in [2.24, 2.45) is 0 Å². The standard InChI is InChI=1S/C23H24ClN3O4/c1-12-6-8-17(9-7-12)10-27-22(24)20(15(4)26-27)23(30)31-11-18(29)21-13(2)19(16(5)28)14(3)25-21/h6-9,25H,10-11H2,1-5H3. The van der Waals surface area contributed by atoms with E-state index >= 15 is 0 Å². The summed E-state index contributed by atoms with van der Waals surface area (Å²) in [6.07, 6.45) is 0. The number of aromatic amines is 1. The molecule has 0 fully saturated rings. The lowest BCUT2D eigenvalue weighted by atomic mass is 10.1. The molecule has 31 heavy (non-hydrogen) atoms. The zero-order valence-corrected chi connectivity index (χ0v) is 18.9. The summed E-state index contributed by atoms with van der Waals surface area (Å²) in [6, 6.07) is 7.91. The Morgan fingerprint density at radius 2 is 1.71 bits per heavy atom. The van der Waals surface area contributed by atoms with Crippen molar-refractivity contribution in [1.29, 1.82) is 0 Å². The van der Waals surface area contributed by atoms with Crippen LogP contribution < -0.4 is 0 Å². The van der Waals surface area contributed by atoms with E-state index in [-0.39, 0.29) is 22.2 Å². The number of H-pyrrole nitrogens is 1. The molecule has 1 N–H and O–H groups in total. The van der Waals surface area contributed by atoms with Crippen LogP contribution in [0, 0.1) is 27.7 Å². The molecule has 0 amide bonds. The number of aryl methyl sites for hydroxylation is 3. The van der Waals surface area contributed by atoms with Gasteiger partial charge in [0.25, 0.3) is 0 Å². The number of ketones is 2. The average Bonchev–Trinajstić information content (AvgIpc) is 3.16. The Morgan fingerprint density at radius 3 is 2.29 bits per heavy atom. The lowest BCUT2D eigenvalue weighted by Crippen LogP contribution is -2.16. The van der Waals surface area contributed by atoms with Gasteiger partial charge in [0.05, 0.1) is 17.9 Å². The van der Waals surface area contributed by atoms with Crippen LogP contribution >= 0.6 is 11.6 Å². The molecule has 162 valence electrons. The Morgan fingerprint density at radius 1 is 1.06 bits per heavy atom. The number of carbonyl (C=O) groups excluding carboxylic acids is 3. The number of aromatic nitrogens is 3. The molecule has 7 nitrogen and oxygen atoms in total. The number of ether oxygens (including phenoxy) is 1. The first kappa shape index (κ1) is 22.5. The minimum absolute atomic E-state index is 0.130. The third-order valence-electron chi connectivity index (χ3n) is 5.13. The first-order valence-electron chi connectivity index (χ1n) is 9.79. The second-order valence-electron chi connectivity index (χ2n) is 7.57. The molecule has 0 bridgehead atoms. The largest absolute Gasteiger partial charge is 0.453 e. The minimum Gasteiger partial charge on any atom is -0.453 e. The maximum atomic E-state index is 12.6. The Labute approximate surface area is 185 Å². The first-order chi connectivity index (χ1) is 14.6. The van der Waals surface area contributed by atoms with Gasteiger partial charge in [-0.05, 0) is 45.7 Å². The number of rotatable bonds is 7. The van der Waals surface area contributed by atoms with Gasteiger partial charge in [0, 0.05) is 11.3 Å². The van der Waals surface area contributed by atoms with Crippen LogP contribution in [0.2, 0.25) is 5.15 Å². The van der Waals surface area contributed by atoms with Crippen LogP contribution in [0.15, 0.2) is 24.3 Å². The summed E-state index contributed by atoms with van der Waals surface area (Å²) in [5, 5.41) is 4.49. The van der Waals surface area contributed by atoms with Gasteiger partial charge in [0.1, 0.15) is 10.7 Å². The minimum atomic E-state index is -0.723. The normalized spacial score (nSPS) is 10.9.